The van der Waals surface area contributed by atoms with E-state index in [4.69, 9.17) is 14.2 Å². The van der Waals surface area contributed by atoms with Gasteiger partial charge < -0.3 is 19.5 Å². The number of carbonyl (C=O) groups is 1. The number of methoxy groups -OCH3 is 2. The fraction of sp³-hybridized carbons (Fsp3) is 0.167. The number of thiazole rings is 1. The van der Waals surface area contributed by atoms with E-state index < -0.39 is 5.91 Å². The van der Waals surface area contributed by atoms with Gasteiger partial charge in [-0.05, 0) is 54.5 Å². The molecule has 1 amide bonds. The van der Waals surface area contributed by atoms with Crippen molar-refractivity contribution < 1.29 is 19.0 Å². The van der Waals surface area contributed by atoms with Crippen LogP contribution in [0.15, 0.2) is 77.6 Å². The van der Waals surface area contributed by atoms with Crippen LogP contribution in [-0.4, -0.2) is 31.3 Å². The number of carbonyl (C=O) groups excluding carboxylic acids is 1. The molecule has 198 valence electrons. The first-order valence-electron chi connectivity index (χ1n) is 12.2. The van der Waals surface area contributed by atoms with E-state index in [-0.39, 0.29) is 15.8 Å². The Morgan fingerprint density at radius 2 is 1.72 bits per heavy atom. The molecule has 0 spiro atoms. The molecule has 0 atom stereocenters. The smallest absolute Gasteiger partial charge is 0.273 e. The second kappa shape index (κ2) is 12.6. The van der Waals surface area contributed by atoms with E-state index in [2.05, 4.69) is 5.32 Å². The maximum Gasteiger partial charge on any atom is 0.273 e. The van der Waals surface area contributed by atoms with Crippen LogP contribution in [0, 0.1) is 11.3 Å². The zero-order valence-corrected chi connectivity index (χ0v) is 22.6. The molecule has 9 heteroatoms. The summed E-state index contributed by atoms with van der Waals surface area (Å²) in [6, 6.07) is 23.2. The van der Waals surface area contributed by atoms with Crippen LogP contribution in [0.5, 0.6) is 17.2 Å². The first kappa shape index (κ1) is 27.2. The largest absolute Gasteiger partial charge is 0.495 e. The second-order valence-corrected chi connectivity index (χ2v) is 9.32. The van der Waals surface area contributed by atoms with Gasteiger partial charge in [0.25, 0.3) is 11.5 Å². The Hall–Kier alpha value is -4.81. The highest BCUT2D eigenvalue weighted by molar-refractivity contribution is 7.07. The number of rotatable bonds is 9. The van der Waals surface area contributed by atoms with Crippen LogP contribution in [0.2, 0.25) is 0 Å². The molecule has 8 nitrogen and oxygen atoms in total. The number of hydrogen-bond donors (Lipinski definition) is 1. The fourth-order valence-corrected chi connectivity index (χ4v) is 4.95. The summed E-state index contributed by atoms with van der Waals surface area (Å²) in [7, 11) is 3.05. The molecule has 0 unspecified atom stereocenters. The van der Waals surface area contributed by atoms with Gasteiger partial charge in [0, 0.05) is 0 Å². The molecule has 1 heterocycles. The molecule has 1 aromatic heterocycles. The Bertz CT molecular complexity index is 1700. The van der Waals surface area contributed by atoms with Crippen LogP contribution in [0.3, 0.4) is 0 Å². The van der Waals surface area contributed by atoms with E-state index in [1.54, 1.807) is 73.8 Å². The molecule has 1 N–H and O–H groups in total. The van der Waals surface area contributed by atoms with Crippen molar-refractivity contribution in [3.63, 3.8) is 0 Å². The molecule has 0 saturated carbocycles. The lowest BCUT2D eigenvalue weighted by Gasteiger charge is -2.10. The summed E-state index contributed by atoms with van der Waals surface area (Å²) in [5.74, 6) is 0.943. The monoisotopic (exact) mass is 541 g/mol. The molecule has 0 bridgehead atoms. The summed E-state index contributed by atoms with van der Waals surface area (Å²) in [5, 5.41) is 12.8. The minimum atomic E-state index is -0.654. The lowest BCUT2D eigenvalue weighted by atomic mass is 10.2. The van der Waals surface area contributed by atoms with Gasteiger partial charge in [0.05, 0.1) is 36.7 Å². The minimum Gasteiger partial charge on any atom is -0.495 e. The molecule has 39 heavy (non-hydrogen) atoms. The van der Waals surface area contributed by atoms with Crippen molar-refractivity contribution in [3.8, 4) is 29.0 Å². The first-order chi connectivity index (χ1) is 19.0. The minimum absolute atomic E-state index is 0.201. The van der Waals surface area contributed by atoms with Gasteiger partial charge in [0.1, 0.15) is 16.5 Å². The standard InChI is InChI=1S/C30H27N3O5S/c1-4-16-38-25-15-14-20(17-26(25)37-3)18-27-29(35)33(21-10-6-5-7-11-21)30(39-27)22(19-31)28(34)32-23-12-8-9-13-24(23)36-2/h5-15,17-18H,4,16H2,1-3H3,(H,32,34)/b27-18+,30-22-. The maximum absolute atomic E-state index is 13.7. The number of benzene rings is 3. The van der Waals surface area contributed by atoms with Gasteiger partial charge in [-0.2, -0.15) is 5.26 Å². The van der Waals surface area contributed by atoms with Gasteiger partial charge in [-0.1, -0.05) is 43.3 Å². The maximum atomic E-state index is 13.7. The van der Waals surface area contributed by atoms with Crippen LogP contribution >= 0.6 is 11.3 Å². The van der Waals surface area contributed by atoms with Gasteiger partial charge in [0.2, 0.25) is 0 Å². The predicted octanol–water partition coefficient (Wildman–Crippen LogP) is 3.85. The highest BCUT2D eigenvalue weighted by atomic mass is 32.1. The third-order valence-corrected chi connectivity index (χ3v) is 6.79. The van der Waals surface area contributed by atoms with Gasteiger partial charge in [-0.15, -0.1) is 11.3 Å². The Balaban J connectivity index is 1.90. The SMILES string of the molecule is CCCOc1ccc(/C=c2/s/c(=C(/C#N)C(=O)Nc3ccccc3OC)n(-c3ccccc3)c2=O)cc1OC. The van der Waals surface area contributed by atoms with Gasteiger partial charge in [-0.25, -0.2) is 0 Å². The van der Waals surface area contributed by atoms with Crippen LogP contribution in [0.1, 0.15) is 18.9 Å². The van der Waals surface area contributed by atoms with E-state index >= 15 is 0 Å². The molecule has 0 saturated heterocycles. The van der Waals surface area contributed by atoms with E-state index in [9.17, 15) is 14.9 Å². The van der Waals surface area contributed by atoms with Crippen molar-refractivity contribution in [2.75, 3.05) is 26.1 Å². The second-order valence-electron chi connectivity index (χ2n) is 8.29. The summed E-state index contributed by atoms with van der Waals surface area (Å²) in [6.07, 6.45) is 2.56. The Morgan fingerprint density at radius 1 is 1.00 bits per heavy atom. The molecule has 0 aliphatic rings. The van der Waals surface area contributed by atoms with E-state index in [0.717, 1.165) is 17.8 Å². The summed E-state index contributed by atoms with van der Waals surface area (Å²) >= 11 is 1.06. The Kier molecular flexibility index (Phi) is 8.82. The average molecular weight is 542 g/mol. The average Bonchev–Trinajstić information content (AvgIpc) is 3.28. The zero-order chi connectivity index (χ0) is 27.8. The number of ether oxygens (including phenoxy) is 3. The quantitative estimate of drug-likeness (QED) is 0.345. The Labute approximate surface area is 229 Å². The third kappa shape index (κ3) is 6.03. The molecular formula is C30H27N3O5S. The van der Waals surface area contributed by atoms with Gasteiger partial charge >= 0.3 is 0 Å². The summed E-state index contributed by atoms with van der Waals surface area (Å²) in [5.41, 5.74) is 1.09. The highest BCUT2D eigenvalue weighted by Crippen LogP contribution is 2.28. The van der Waals surface area contributed by atoms with Crippen LogP contribution < -0.4 is 34.3 Å². The van der Waals surface area contributed by atoms with E-state index in [0.29, 0.717) is 45.3 Å². The van der Waals surface area contributed by atoms with Crippen LogP contribution in [-0.2, 0) is 4.79 Å². The molecule has 4 aromatic rings. The number of anilines is 1. The Morgan fingerprint density at radius 3 is 2.41 bits per heavy atom. The molecule has 4 rings (SSSR count). The van der Waals surface area contributed by atoms with Crippen molar-refractivity contribution in [3.05, 3.63) is 97.9 Å². The lowest BCUT2D eigenvalue weighted by molar-refractivity contribution is -0.111. The number of hydrogen-bond acceptors (Lipinski definition) is 7. The predicted molar refractivity (Wildman–Crippen MR) is 152 cm³/mol. The summed E-state index contributed by atoms with van der Waals surface area (Å²) < 4.78 is 18.5. The number of para-hydroxylation sites is 3. The van der Waals surface area contributed by atoms with Crippen LogP contribution in [0.4, 0.5) is 5.69 Å². The van der Waals surface area contributed by atoms with Gasteiger partial charge in [0.15, 0.2) is 17.1 Å². The molecule has 0 aliphatic carbocycles. The van der Waals surface area contributed by atoms with Gasteiger partial charge in [-0.3, -0.25) is 14.2 Å². The number of nitriles is 1. The highest BCUT2D eigenvalue weighted by Gasteiger charge is 2.18. The number of nitrogens with one attached hydrogen (secondary N) is 1. The van der Waals surface area contributed by atoms with E-state index in [1.807, 2.05) is 25.1 Å². The number of aromatic nitrogens is 1. The number of nitrogens with zero attached hydrogens (tertiary/aromatic N) is 2. The molecule has 0 radical (unpaired) electrons. The van der Waals surface area contributed by atoms with E-state index in [1.165, 1.54) is 11.7 Å². The zero-order valence-electron chi connectivity index (χ0n) is 21.8. The van der Waals surface area contributed by atoms with Crippen molar-refractivity contribution in [2.45, 2.75) is 13.3 Å². The fourth-order valence-electron chi connectivity index (χ4n) is 3.85. The molecule has 0 aliphatic heterocycles. The normalized spacial score (nSPS) is 11.9. The van der Waals surface area contributed by atoms with Crippen molar-refractivity contribution in [1.29, 1.82) is 5.26 Å². The topological polar surface area (TPSA) is 103 Å². The number of amides is 1. The van der Waals surface area contributed by atoms with Crippen molar-refractivity contribution in [1.82, 2.24) is 4.57 Å². The summed E-state index contributed by atoms with van der Waals surface area (Å²) in [6.45, 7) is 2.57. The van der Waals surface area contributed by atoms with Crippen molar-refractivity contribution >= 4 is 34.6 Å². The first-order valence-corrected chi connectivity index (χ1v) is 13.0. The lowest BCUT2D eigenvalue weighted by Crippen LogP contribution is -2.32. The molecule has 0 fully saturated rings. The summed E-state index contributed by atoms with van der Waals surface area (Å²) in [4.78, 5) is 27.0. The van der Waals surface area contributed by atoms with Crippen molar-refractivity contribution in [2.24, 2.45) is 0 Å². The van der Waals surface area contributed by atoms with Crippen LogP contribution in [0.25, 0.3) is 17.3 Å². The molecular weight excluding hydrogens is 514 g/mol. The molecule has 3 aromatic carbocycles. The third-order valence-electron chi connectivity index (χ3n) is 5.69.